The van der Waals surface area contributed by atoms with Crippen LogP contribution in [0, 0.1) is 11.6 Å². The van der Waals surface area contributed by atoms with Crippen LogP contribution < -0.4 is 10.6 Å². The van der Waals surface area contributed by atoms with Crippen molar-refractivity contribution in [3.8, 4) is 0 Å². The van der Waals surface area contributed by atoms with E-state index in [0.717, 1.165) is 5.56 Å². The van der Waals surface area contributed by atoms with Crippen LogP contribution >= 0.6 is 24.0 Å². The van der Waals surface area contributed by atoms with Crippen LogP contribution in [0.2, 0.25) is 0 Å². The summed E-state index contributed by atoms with van der Waals surface area (Å²) >= 11 is 0. The normalized spacial score (nSPS) is 12.6. The predicted molar refractivity (Wildman–Crippen MR) is 116 cm³/mol. The Balaban J connectivity index is 0.00000364. The summed E-state index contributed by atoms with van der Waals surface area (Å²) in [5, 5.41) is 6.35. The molecular weight excluding hydrogens is 463 g/mol. The highest BCUT2D eigenvalue weighted by atomic mass is 127. The van der Waals surface area contributed by atoms with Crippen molar-refractivity contribution in [3.05, 3.63) is 59.4 Å². The first-order chi connectivity index (χ1) is 12.4. The number of halogens is 3. The third kappa shape index (κ3) is 6.76. The average Bonchev–Trinajstić information content (AvgIpc) is 3.00. The lowest BCUT2D eigenvalue weighted by Crippen LogP contribution is -2.42. The molecule has 2 N–H and O–H groups in total. The summed E-state index contributed by atoms with van der Waals surface area (Å²) in [6, 6.07) is 5.48. The Hall–Kier alpha value is -1.68. The van der Waals surface area contributed by atoms with Gasteiger partial charge in [0.2, 0.25) is 0 Å². The van der Waals surface area contributed by atoms with Gasteiger partial charge in [-0.1, -0.05) is 6.07 Å². The second-order valence-electron chi connectivity index (χ2n) is 6.38. The molecule has 5 nitrogen and oxygen atoms in total. The zero-order valence-corrected chi connectivity index (χ0v) is 18.5. The van der Waals surface area contributed by atoms with Gasteiger partial charge in [-0.15, -0.1) is 24.0 Å². The number of aryl methyl sites for hydroxylation is 1. The second-order valence-corrected chi connectivity index (χ2v) is 6.38. The van der Waals surface area contributed by atoms with Gasteiger partial charge in [0.05, 0.1) is 12.6 Å². The van der Waals surface area contributed by atoms with Crippen molar-refractivity contribution < 1.29 is 8.78 Å². The summed E-state index contributed by atoms with van der Waals surface area (Å²) in [6.07, 6.45) is 3.97. The van der Waals surface area contributed by atoms with Crippen LogP contribution in [0.4, 0.5) is 8.78 Å². The first-order valence-corrected chi connectivity index (χ1v) is 8.65. The number of hydrogen-bond donors (Lipinski definition) is 2. The van der Waals surface area contributed by atoms with Crippen LogP contribution in [0.25, 0.3) is 0 Å². The van der Waals surface area contributed by atoms with Crippen LogP contribution in [-0.2, 0) is 13.6 Å². The van der Waals surface area contributed by atoms with Crippen LogP contribution in [0.3, 0.4) is 0 Å². The minimum atomic E-state index is -0.545. The number of hydrogen-bond acceptors (Lipinski definition) is 2. The third-order valence-electron chi connectivity index (χ3n) is 4.08. The van der Waals surface area contributed by atoms with Gasteiger partial charge in [-0.25, -0.2) is 13.8 Å². The molecule has 1 unspecified atom stereocenters. The molecule has 2 aromatic rings. The van der Waals surface area contributed by atoms with E-state index in [0.29, 0.717) is 25.6 Å². The summed E-state index contributed by atoms with van der Waals surface area (Å²) in [5.41, 5.74) is 1.15. The van der Waals surface area contributed by atoms with Gasteiger partial charge >= 0.3 is 0 Å². The van der Waals surface area contributed by atoms with Gasteiger partial charge in [0.1, 0.15) is 11.6 Å². The predicted octanol–water partition coefficient (Wildman–Crippen LogP) is 3.28. The smallest absolute Gasteiger partial charge is 0.191 e. The van der Waals surface area contributed by atoms with Gasteiger partial charge < -0.3 is 20.1 Å². The maximum absolute atomic E-state index is 14.2. The first-order valence-electron chi connectivity index (χ1n) is 8.65. The van der Waals surface area contributed by atoms with Gasteiger partial charge in [-0.05, 0) is 44.8 Å². The summed E-state index contributed by atoms with van der Waals surface area (Å²) in [7, 11) is 5.56. The summed E-state index contributed by atoms with van der Waals surface area (Å²) < 4.78 is 30.3. The van der Waals surface area contributed by atoms with Crippen molar-refractivity contribution in [1.29, 1.82) is 0 Å². The van der Waals surface area contributed by atoms with Crippen LogP contribution in [0.5, 0.6) is 0 Å². The van der Waals surface area contributed by atoms with E-state index in [9.17, 15) is 8.78 Å². The average molecular weight is 491 g/mol. The molecule has 0 radical (unpaired) electrons. The van der Waals surface area contributed by atoms with Gasteiger partial charge in [0.15, 0.2) is 5.96 Å². The number of nitrogens with zero attached hydrogens (tertiary/aromatic N) is 3. The molecule has 0 saturated heterocycles. The molecule has 1 aromatic carbocycles. The summed E-state index contributed by atoms with van der Waals surface area (Å²) in [5.74, 6) is -0.478. The molecule has 0 amide bonds. The number of nitrogens with one attached hydrogen (secondary N) is 2. The number of benzene rings is 1. The lowest BCUT2D eigenvalue weighted by atomic mass is 10.0. The summed E-state index contributed by atoms with van der Waals surface area (Å²) in [4.78, 5) is 6.33. The van der Waals surface area contributed by atoms with Gasteiger partial charge in [-0.2, -0.15) is 0 Å². The molecule has 0 aliphatic heterocycles. The van der Waals surface area contributed by atoms with E-state index >= 15 is 0 Å². The standard InChI is InChI=1S/C19H27F2N5.HI/c1-5-22-19(23-11-14-9-10-26(4)13-14)24-12-17(25(2)3)18-15(20)7-6-8-16(18)21;/h6-10,13,17H,5,11-12H2,1-4H3,(H2,22,23,24);1H. The van der Waals surface area contributed by atoms with Crippen molar-refractivity contribution >= 4 is 29.9 Å². The van der Waals surface area contributed by atoms with Crippen molar-refractivity contribution in [2.24, 2.45) is 12.0 Å². The highest BCUT2D eigenvalue weighted by Crippen LogP contribution is 2.23. The van der Waals surface area contributed by atoms with E-state index in [4.69, 9.17) is 0 Å². The molecule has 0 bridgehead atoms. The molecule has 1 aromatic heterocycles. The summed E-state index contributed by atoms with van der Waals surface area (Å²) in [6.45, 7) is 3.52. The zero-order valence-electron chi connectivity index (χ0n) is 16.2. The van der Waals surface area contributed by atoms with Crippen molar-refractivity contribution in [1.82, 2.24) is 20.1 Å². The number of aliphatic imine (C=N–C) groups is 1. The Bertz CT molecular complexity index is 725. The van der Waals surface area contributed by atoms with Crippen LogP contribution in [0.15, 0.2) is 41.7 Å². The largest absolute Gasteiger partial charge is 0.357 e. The zero-order chi connectivity index (χ0) is 19.1. The molecule has 0 spiro atoms. The molecule has 2 rings (SSSR count). The molecule has 0 saturated carbocycles. The topological polar surface area (TPSA) is 44.6 Å². The van der Waals surface area contributed by atoms with E-state index in [-0.39, 0.29) is 29.5 Å². The van der Waals surface area contributed by atoms with Gasteiger partial charge in [-0.3, -0.25) is 0 Å². The highest BCUT2D eigenvalue weighted by Gasteiger charge is 2.22. The van der Waals surface area contributed by atoms with E-state index in [1.807, 2.05) is 37.0 Å². The lowest BCUT2D eigenvalue weighted by Gasteiger charge is -2.26. The van der Waals surface area contributed by atoms with Crippen molar-refractivity contribution in [3.63, 3.8) is 0 Å². The SMILES string of the molecule is CCNC(=NCc1ccn(C)c1)NCC(c1c(F)cccc1F)N(C)C.I. The Morgan fingerprint density at radius 2 is 1.85 bits per heavy atom. The number of aromatic nitrogens is 1. The molecule has 1 heterocycles. The molecule has 0 aliphatic rings. The monoisotopic (exact) mass is 491 g/mol. The molecule has 8 heteroatoms. The van der Waals surface area contributed by atoms with E-state index < -0.39 is 17.7 Å². The quantitative estimate of drug-likeness (QED) is 0.355. The van der Waals surface area contributed by atoms with Crippen LogP contribution in [0.1, 0.15) is 24.1 Å². The molecule has 27 heavy (non-hydrogen) atoms. The van der Waals surface area contributed by atoms with Crippen molar-refractivity contribution in [2.45, 2.75) is 19.5 Å². The fourth-order valence-corrected chi connectivity index (χ4v) is 2.73. The van der Waals surface area contributed by atoms with E-state index in [2.05, 4.69) is 15.6 Å². The Kier molecular flexibility index (Phi) is 9.71. The maximum Gasteiger partial charge on any atom is 0.191 e. The molecule has 0 aliphatic carbocycles. The highest BCUT2D eigenvalue weighted by molar-refractivity contribution is 14.0. The fraction of sp³-hybridized carbons (Fsp3) is 0.421. The Labute approximate surface area is 176 Å². The number of likely N-dealkylation sites (N-methyl/N-ethyl adjacent to an activating group) is 1. The third-order valence-corrected chi connectivity index (χ3v) is 4.08. The number of rotatable bonds is 7. The van der Waals surface area contributed by atoms with E-state index in [1.54, 1.807) is 19.0 Å². The molecular formula is C19H28F2IN5. The van der Waals surface area contributed by atoms with Gasteiger partial charge in [0.25, 0.3) is 0 Å². The second kappa shape index (κ2) is 11.2. The van der Waals surface area contributed by atoms with Crippen LogP contribution in [-0.4, -0.2) is 42.6 Å². The first kappa shape index (κ1) is 23.4. The minimum absolute atomic E-state index is 0. The molecule has 150 valence electrons. The lowest BCUT2D eigenvalue weighted by molar-refractivity contribution is 0.282. The Morgan fingerprint density at radius 1 is 1.19 bits per heavy atom. The van der Waals surface area contributed by atoms with Gasteiger partial charge in [0, 0.05) is 38.1 Å². The fourth-order valence-electron chi connectivity index (χ4n) is 2.73. The minimum Gasteiger partial charge on any atom is -0.357 e. The van der Waals surface area contributed by atoms with Crippen molar-refractivity contribution in [2.75, 3.05) is 27.2 Å². The number of guanidine groups is 1. The molecule has 0 fully saturated rings. The maximum atomic E-state index is 14.2. The molecule has 1 atom stereocenters. The Morgan fingerprint density at radius 3 is 2.37 bits per heavy atom. The van der Waals surface area contributed by atoms with E-state index in [1.165, 1.54) is 18.2 Å².